The van der Waals surface area contributed by atoms with Crippen molar-refractivity contribution in [1.82, 2.24) is 0 Å². The summed E-state index contributed by atoms with van der Waals surface area (Å²) in [5, 5.41) is 0. The molecule has 122 valence electrons. The SMILES string of the molecule is BrC[Si](Oc1ccccc1)(Oc1ccccc1)Oc1ccccc1. The zero-order valence-electron chi connectivity index (χ0n) is 13.0. The average Bonchev–Trinajstić information content (AvgIpc) is 2.64. The molecular weight excluding hydrogens is 384 g/mol. The van der Waals surface area contributed by atoms with Gasteiger partial charge in [-0.25, -0.2) is 0 Å². The van der Waals surface area contributed by atoms with Crippen molar-refractivity contribution in [2.75, 3.05) is 4.95 Å². The van der Waals surface area contributed by atoms with Gasteiger partial charge in [-0.05, 0) is 36.4 Å². The molecule has 0 radical (unpaired) electrons. The van der Waals surface area contributed by atoms with Gasteiger partial charge in [-0.2, -0.15) is 0 Å². The van der Waals surface area contributed by atoms with Crippen molar-refractivity contribution in [1.29, 1.82) is 0 Å². The Labute approximate surface area is 151 Å². The van der Waals surface area contributed by atoms with Gasteiger partial charge in [-0.1, -0.05) is 70.5 Å². The highest BCUT2D eigenvalue weighted by molar-refractivity contribution is 9.09. The fraction of sp³-hybridized carbons (Fsp3) is 0.0526. The Bertz CT molecular complexity index is 637. The van der Waals surface area contributed by atoms with E-state index in [1.54, 1.807) is 0 Å². The van der Waals surface area contributed by atoms with Crippen LogP contribution in [0.4, 0.5) is 0 Å². The molecule has 0 amide bonds. The van der Waals surface area contributed by atoms with Crippen LogP contribution in [-0.2, 0) is 0 Å². The Kier molecular flexibility index (Phi) is 5.56. The molecule has 0 aliphatic carbocycles. The number of hydrogen-bond acceptors (Lipinski definition) is 3. The van der Waals surface area contributed by atoms with Gasteiger partial charge in [0.2, 0.25) is 0 Å². The van der Waals surface area contributed by atoms with Crippen molar-refractivity contribution in [3.05, 3.63) is 91.0 Å². The molecule has 0 fully saturated rings. The van der Waals surface area contributed by atoms with E-state index in [2.05, 4.69) is 15.9 Å². The van der Waals surface area contributed by atoms with E-state index in [0.717, 1.165) is 17.2 Å². The van der Waals surface area contributed by atoms with Crippen molar-refractivity contribution in [2.45, 2.75) is 0 Å². The molecule has 5 heteroatoms. The van der Waals surface area contributed by atoms with E-state index in [9.17, 15) is 0 Å². The normalized spacial score (nSPS) is 10.9. The van der Waals surface area contributed by atoms with Gasteiger partial charge in [0, 0.05) is 0 Å². The highest BCUT2D eigenvalue weighted by Crippen LogP contribution is 2.25. The summed E-state index contributed by atoms with van der Waals surface area (Å²) in [6, 6.07) is 28.8. The topological polar surface area (TPSA) is 27.7 Å². The number of alkyl halides is 1. The van der Waals surface area contributed by atoms with Crippen molar-refractivity contribution in [3.63, 3.8) is 0 Å². The van der Waals surface area contributed by atoms with Crippen molar-refractivity contribution < 1.29 is 13.3 Å². The first-order valence-electron chi connectivity index (χ1n) is 7.58. The van der Waals surface area contributed by atoms with Crippen LogP contribution in [0.2, 0.25) is 0 Å². The van der Waals surface area contributed by atoms with E-state index in [-0.39, 0.29) is 0 Å². The molecular formula is C19H17BrO3Si. The minimum atomic E-state index is -3.08. The fourth-order valence-corrected chi connectivity index (χ4v) is 4.95. The lowest BCUT2D eigenvalue weighted by Crippen LogP contribution is -2.57. The first-order valence-corrected chi connectivity index (χ1v) is 10.6. The summed E-state index contributed by atoms with van der Waals surface area (Å²) in [6.45, 7) is 0. The van der Waals surface area contributed by atoms with Crippen LogP contribution >= 0.6 is 15.9 Å². The number of rotatable bonds is 7. The van der Waals surface area contributed by atoms with Gasteiger partial charge in [0.25, 0.3) is 0 Å². The lowest BCUT2D eigenvalue weighted by molar-refractivity contribution is 0.270. The Hall–Kier alpha value is -2.24. The van der Waals surface area contributed by atoms with Gasteiger partial charge in [-0.15, -0.1) is 0 Å². The van der Waals surface area contributed by atoms with Crippen LogP contribution in [0.1, 0.15) is 0 Å². The standard InChI is InChI=1S/C19H17BrO3Si/c20-16-24(21-17-10-4-1-5-11-17,22-18-12-6-2-7-13-18)23-19-14-8-3-9-15-19/h1-15H,16H2. The van der Waals surface area contributed by atoms with Gasteiger partial charge >= 0.3 is 8.80 Å². The second-order valence-electron chi connectivity index (χ2n) is 5.06. The Balaban J connectivity index is 1.91. The third-order valence-electron chi connectivity index (χ3n) is 3.21. The monoisotopic (exact) mass is 400 g/mol. The van der Waals surface area contributed by atoms with Crippen LogP contribution in [0.5, 0.6) is 17.2 Å². The van der Waals surface area contributed by atoms with E-state index in [1.165, 1.54) is 0 Å². The molecule has 0 saturated heterocycles. The van der Waals surface area contributed by atoms with Gasteiger partial charge in [0.15, 0.2) is 0 Å². The smallest absolute Gasteiger partial charge is 0.483 e. The van der Waals surface area contributed by atoms with E-state index < -0.39 is 8.80 Å². The van der Waals surface area contributed by atoms with Gasteiger partial charge in [0.05, 0.1) is 0 Å². The zero-order chi connectivity index (χ0) is 16.7. The van der Waals surface area contributed by atoms with Crippen molar-refractivity contribution >= 4 is 24.7 Å². The second-order valence-corrected chi connectivity index (χ2v) is 8.99. The first kappa shape index (κ1) is 16.6. The summed E-state index contributed by atoms with van der Waals surface area (Å²) in [5.41, 5.74) is 0. The van der Waals surface area contributed by atoms with Gasteiger partial charge < -0.3 is 13.3 Å². The molecule has 0 aromatic heterocycles. The van der Waals surface area contributed by atoms with E-state index in [4.69, 9.17) is 13.3 Å². The van der Waals surface area contributed by atoms with Crippen LogP contribution in [0.3, 0.4) is 0 Å². The molecule has 3 rings (SSSR count). The molecule has 3 aromatic carbocycles. The quantitative estimate of drug-likeness (QED) is 0.408. The van der Waals surface area contributed by atoms with E-state index in [0.29, 0.717) is 4.95 Å². The number of para-hydroxylation sites is 3. The predicted octanol–water partition coefficient (Wildman–Crippen LogP) is 5.10. The third-order valence-corrected chi connectivity index (χ3v) is 7.24. The summed E-state index contributed by atoms with van der Waals surface area (Å²) in [7, 11) is -3.08. The number of benzene rings is 3. The Morgan fingerprint density at radius 3 is 1.08 bits per heavy atom. The van der Waals surface area contributed by atoms with Crippen LogP contribution < -0.4 is 13.3 Å². The summed E-state index contributed by atoms with van der Waals surface area (Å²) in [5.74, 6) is 2.15. The molecule has 24 heavy (non-hydrogen) atoms. The molecule has 0 aliphatic heterocycles. The molecule has 0 atom stereocenters. The van der Waals surface area contributed by atoms with E-state index >= 15 is 0 Å². The highest BCUT2D eigenvalue weighted by atomic mass is 79.9. The predicted molar refractivity (Wildman–Crippen MR) is 101 cm³/mol. The molecule has 3 aromatic rings. The van der Waals surface area contributed by atoms with Crippen LogP contribution in [-0.4, -0.2) is 13.8 Å². The summed E-state index contributed by atoms with van der Waals surface area (Å²) in [6.07, 6.45) is 0. The zero-order valence-corrected chi connectivity index (χ0v) is 15.6. The lowest BCUT2D eigenvalue weighted by Gasteiger charge is -2.29. The molecule has 0 spiro atoms. The lowest BCUT2D eigenvalue weighted by atomic mass is 10.3. The summed E-state index contributed by atoms with van der Waals surface area (Å²) in [4.78, 5) is 0.457. The Morgan fingerprint density at radius 1 is 0.542 bits per heavy atom. The van der Waals surface area contributed by atoms with Crippen LogP contribution in [0.25, 0.3) is 0 Å². The molecule has 0 aliphatic rings. The largest absolute Gasteiger partial charge is 0.710 e. The van der Waals surface area contributed by atoms with Gasteiger partial charge in [0.1, 0.15) is 22.2 Å². The van der Waals surface area contributed by atoms with E-state index in [1.807, 2.05) is 91.0 Å². The minimum Gasteiger partial charge on any atom is -0.483 e. The molecule has 0 bridgehead atoms. The highest BCUT2D eigenvalue weighted by Gasteiger charge is 2.48. The van der Waals surface area contributed by atoms with Crippen LogP contribution in [0.15, 0.2) is 91.0 Å². The molecule has 0 N–H and O–H groups in total. The van der Waals surface area contributed by atoms with Crippen molar-refractivity contribution in [3.8, 4) is 17.2 Å². The molecule has 0 heterocycles. The maximum atomic E-state index is 6.21. The Morgan fingerprint density at radius 2 is 0.833 bits per heavy atom. The maximum Gasteiger partial charge on any atom is 0.710 e. The van der Waals surface area contributed by atoms with Gasteiger partial charge in [-0.3, -0.25) is 0 Å². The second kappa shape index (κ2) is 8.03. The van der Waals surface area contributed by atoms with Crippen LogP contribution in [0, 0.1) is 0 Å². The van der Waals surface area contributed by atoms with Crippen molar-refractivity contribution in [2.24, 2.45) is 0 Å². The molecule has 0 saturated carbocycles. The fourth-order valence-electron chi connectivity index (χ4n) is 2.15. The molecule has 3 nitrogen and oxygen atoms in total. The first-order chi connectivity index (χ1) is 11.8. The summed E-state index contributed by atoms with van der Waals surface area (Å²) >= 11 is 3.53. The maximum absolute atomic E-state index is 6.21. The minimum absolute atomic E-state index is 0.457. The number of hydrogen-bond donors (Lipinski definition) is 0. The third kappa shape index (κ3) is 4.40. The molecule has 0 unspecified atom stereocenters. The number of halogens is 1. The average molecular weight is 401 g/mol. The summed E-state index contributed by atoms with van der Waals surface area (Å²) < 4.78 is 18.6.